The summed E-state index contributed by atoms with van der Waals surface area (Å²) < 4.78 is 5.80. The number of nitrogens with one attached hydrogen (secondary N) is 1. The first-order chi connectivity index (χ1) is 13.0. The molecule has 0 unspecified atom stereocenters. The van der Waals surface area contributed by atoms with Crippen molar-refractivity contribution in [3.05, 3.63) is 42.6 Å². The van der Waals surface area contributed by atoms with Gasteiger partial charge in [-0.05, 0) is 37.8 Å². The zero-order valence-electron chi connectivity index (χ0n) is 15.6. The second-order valence-electron chi connectivity index (χ2n) is 6.45. The van der Waals surface area contributed by atoms with Crippen LogP contribution in [0.25, 0.3) is 0 Å². The second-order valence-corrected chi connectivity index (χ2v) is 6.45. The molecule has 0 spiro atoms. The number of hydrogen-bond acceptors (Lipinski definition) is 5. The van der Waals surface area contributed by atoms with Gasteiger partial charge in [0.05, 0.1) is 30.6 Å². The number of likely N-dealkylation sites (tertiary alicyclic amines) is 1. The quantitative estimate of drug-likeness (QED) is 0.392. The van der Waals surface area contributed by atoms with E-state index >= 15 is 0 Å². The van der Waals surface area contributed by atoms with Crippen molar-refractivity contribution < 1.29 is 19.4 Å². The number of carboxylic acid groups (broad SMARTS) is 1. The van der Waals surface area contributed by atoms with Crippen molar-refractivity contribution in [3.8, 4) is 0 Å². The summed E-state index contributed by atoms with van der Waals surface area (Å²) in [6.07, 6.45) is 6.53. The van der Waals surface area contributed by atoms with Gasteiger partial charge in [-0.25, -0.2) is 0 Å². The molecule has 146 valence electrons. The Morgan fingerprint density at radius 3 is 2.78 bits per heavy atom. The van der Waals surface area contributed by atoms with Crippen molar-refractivity contribution in [2.24, 2.45) is 10.9 Å². The van der Waals surface area contributed by atoms with Crippen LogP contribution in [0.1, 0.15) is 38.3 Å². The summed E-state index contributed by atoms with van der Waals surface area (Å²) in [5, 5.41) is 15.4. The normalized spacial score (nSPS) is 16.3. The molecule has 1 saturated heterocycles. The molecule has 2 N–H and O–H groups in total. The van der Waals surface area contributed by atoms with Crippen LogP contribution in [0.4, 0.5) is 0 Å². The molecule has 0 saturated carbocycles. The van der Waals surface area contributed by atoms with Gasteiger partial charge in [-0.1, -0.05) is 6.58 Å². The molecule has 8 nitrogen and oxygen atoms in total. The first-order valence-electron chi connectivity index (χ1n) is 8.98. The fourth-order valence-corrected chi connectivity index (χ4v) is 2.77. The molecule has 0 aromatic carbocycles. The number of aliphatic carboxylic acids is 1. The molecule has 27 heavy (non-hydrogen) atoms. The SMILES string of the molecule is C=C/C(=C\N=C(/C)c1ccn[nH]1)OCC1CCN(C(=O)CCC(=O)O)CC1. The number of rotatable bonds is 9. The third-order valence-electron chi connectivity index (χ3n) is 4.48. The van der Waals surface area contributed by atoms with Gasteiger partial charge in [-0.15, -0.1) is 0 Å². The number of carboxylic acids is 1. The van der Waals surface area contributed by atoms with Crippen LogP contribution in [-0.2, 0) is 14.3 Å². The maximum absolute atomic E-state index is 12.0. The Balaban J connectivity index is 1.77. The number of aliphatic imine (C=N–C) groups is 1. The Bertz CT molecular complexity index is 701. The van der Waals surface area contributed by atoms with Gasteiger partial charge in [-0.2, -0.15) is 5.10 Å². The van der Waals surface area contributed by atoms with Crippen molar-refractivity contribution in [2.75, 3.05) is 19.7 Å². The molecule has 1 aliphatic heterocycles. The van der Waals surface area contributed by atoms with E-state index in [1.807, 2.05) is 13.0 Å². The van der Waals surface area contributed by atoms with Gasteiger partial charge < -0.3 is 14.7 Å². The predicted octanol–water partition coefficient (Wildman–Crippen LogP) is 2.37. The lowest BCUT2D eigenvalue weighted by atomic mass is 9.97. The number of carbonyl (C=O) groups excluding carboxylic acids is 1. The van der Waals surface area contributed by atoms with Gasteiger partial charge in [0.15, 0.2) is 0 Å². The Morgan fingerprint density at radius 1 is 1.44 bits per heavy atom. The van der Waals surface area contributed by atoms with E-state index in [2.05, 4.69) is 21.8 Å². The summed E-state index contributed by atoms with van der Waals surface area (Å²) in [5.74, 6) is -0.101. The lowest BCUT2D eigenvalue weighted by Gasteiger charge is -2.32. The molecule has 2 rings (SSSR count). The molecular weight excluding hydrogens is 348 g/mol. The van der Waals surface area contributed by atoms with Gasteiger partial charge in [0.1, 0.15) is 5.76 Å². The van der Waals surface area contributed by atoms with Gasteiger partial charge in [0, 0.05) is 25.7 Å². The maximum Gasteiger partial charge on any atom is 0.303 e. The Kier molecular flexibility index (Phi) is 7.79. The summed E-state index contributed by atoms with van der Waals surface area (Å²) in [6, 6.07) is 1.84. The number of ether oxygens (including phenoxy) is 1. The van der Waals surface area contributed by atoms with Crippen LogP contribution < -0.4 is 0 Å². The van der Waals surface area contributed by atoms with Crippen molar-refractivity contribution in [1.29, 1.82) is 0 Å². The highest BCUT2D eigenvalue weighted by Gasteiger charge is 2.23. The van der Waals surface area contributed by atoms with Gasteiger partial charge in [0.2, 0.25) is 5.91 Å². The Hall–Kier alpha value is -2.90. The lowest BCUT2D eigenvalue weighted by Crippen LogP contribution is -2.39. The third-order valence-corrected chi connectivity index (χ3v) is 4.48. The lowest BCUT2D eigenvalue weighted by molar-refractivity contribution is -0.141. The zero-order valence-corrected chi connectivity index (χ0v) is 15.6. The molecular formula is C19H26N4O4. The fraction of sp³-hybridized carbons (Fsp3) is 0.474. The molecule has 0 aliphatic carbocycles. The molecule has 0 radical (unpaired) electrons. The fourth-order valence-electron chi connectivity index (χ4n) is 2.77. The van der Waals surface area contributed by atoms with Crippen molar-refractivity contribution in [1.82, 2.24) is 15.1 Å². The van der Waals surface area contributed by atoms with Crippen LogP contribution in [0.15, 0.2) is 41.9 Å². The molecule has 2 heterocycles. The highest BCUT2D eigenvalue weighted by atomic mass is 16.5. The highest BCUT2D eigenvalue weighted by Crippen LogP contribution is 2.19. The standard InChI is InChI=1S/C19H26N4O4/c1-3-16(12-20-14(2)17-6-9-21-22-17)27-13-15-7-10-23(11-8-15)18(24)4-5-19(25)26/h3,6,9,12,15H,1,4-5,7-8,10-11,13H2,2H3,(H,21,22)(H,25,26)/b16-12+,20-14+. The van der Waals surface area contributed by atoms with Gasteiger partial charge in [-0.3, -0.25) is 19.7 Å². The number of nitrogens with zero attached hydrogens (tertiary/aromatic N) is 3. The molecule has 8 heteroatoms. The van der Waals surface area contributed by atoms with Crippen LogP contribution in [0, 0.1) is 5.92 Å². The Morgan fingerprint density at radius 2 is 2.19 bits per heavy atom. The zero-order chi connectivity index (χ0) is 19.6. The predicted molar refractivity (Wildman–Crippen MR) is 101 cm³/mol. The van der Waals surface area contributed by atoms with E-state index in [9.17, 15) is 9.59 Å². The number of carbonyl (C=O) groups is 2. The molecule has 1 aromatic heterocycles. The van der Waals surface area contributed by atoms with Crippen molar-refractivity contribution >= 4 is 17.6 Å². The summed E-state index contributed by atoms with van der Waals surface area (Å²) >= 11 is 0. The molecule has 0 atom stereocenters. The number of allylic oxidation sites excluding steroid dienone is 1. The summed E-state index contributed by atoms with van der Waals surface area (Å²) in [5.41, 5.74) is 1.64. The highest BCUT2D eigenvalue weighted by molar-refractivity contribution is 5.97. The monoisotopic (exact) mass is 374 g/mol. The summed E-state index contributed by atoms with van der Waals surface area (Å²) in [4.78, 5) is 28.6. The summed E-state index contributed by atoms with van der Waals surface area (Å²) in [7, 11) is 0. The van der Waals surface area contributed by atoms with E-state index in [-0.39, 0.29) is 18.7 Å². The molecule has 1 aromatic rings. The average molecular weight is 374 g/mol. The number of aromatic amines is 1. The van der Waals surface area contributed by atoms with Crippen LogP contribution in [0.3, 0.4) is 0 Å². The number of aromatic nitrogens is 2. The van der Waals surface area contributed by atoms with E-state index < -0.39 is 5.97 Å². The summed E-state index contributed by atoms with van der Waals surface area (Å²) in [6.45, 7) is 7.44. The number of amides is 1. The topological polar surface area (TPSA) is 108 Å². The minimum absolute atomic E-state index is 0.0630. The number of H-pyrrole nitrogens is 1. The first-order valence-corrected chi connectivity index (χ1v) is 8.98. The second kappa shape index (κ2) is 10.3. The smallest absolute Gasteiger partial charge is 0.303 e. The largest absolute Gasteiger partial charge is 0.492 e. The van der Waals surface area contributed by atoms with Crippen LogP contribution >= 0.6 is 0 Å². The number of piperidine rings is 1. The van der Waals surface area contributed by atoms with Crippen molar-refractivity contribution in [3.63, 3.8) is 0 Å². The molecule has 1 amide bonds. The minimum Gasteiger partial charge on any atom is -0.492 e. The van der Waals surface area contributed by atoms with Crippen LogP contribution in [0.2, 0.25) is 0 Å². The van der Waals surface area contributed by atoms with E-state index in [0.717, 1.165) is 24.2 Å². The molecule has 1 fully saturated rings. The average Bonchev–Trinajstić information content (AvgIpc) is 3.21. The minimum atomic E-state index is -0.944. The molecule has 0 bridgehead atoms. The van der Waals surface area contributed by atoms with Crippen molar-refractivity contribution in [2.45, 2.75) is 32.6 Å². The van der Waals surface area contributed by atoms with Crippen LogP contribution in [-0.4, -0.2) is 57.5 Å². The van der Waals surface area contributed by atoms with Gasteiger partial charge in [0.25, 0.3) is 0 Å². The molecule has 1 aliphatic rings. The van der Waals surface area contributed by atoms with Crippen LogP contribution in [0.5, 0.6) is 0 Å². The van der Waals surface area contributed by atoms with E-state index in [0.29, 0.717) is 31.4 Å². The van der Waals surface area contributed by atoms with Gasteiger partial charge >= 0.3 is 5.97 Å². The maximum atomic E-state index is 12.0. The Labute approximate surface area is 158 Å². The van der Waals surface area contributed by atoms with E-state index in [1.54, 1.807) is 23.4 Å². The third kappa shape index (κ3) is 6.73. The van der Waals surface area contributed by atoms with E-state index in [4.69, 9.17) is 9.84 Å². The number of hydrogen-bond donors (Lipinski definition) is 2. The first kappa shape index (κ1) is 20.4. The van der Waals surface area contributed by atoms with E-state index in [1.165, 1.54) is 0 Å².